The number of unbranched alkanes of at least 4 members (excludes halogenated alkanes) is 16. The van der Waals surface area contributed by atoms with Crippen molar-refractivity contribution in [1.29, 1.82) is 0 Å². The Balaban J connectivity index is 1.09. The van der Waals surface area contributed by atoms with Crippen LogP contribution in [0, 0.1) is 0 Å². The number of hydrogen-bond donors (Lipinski definition) is 6. The van der Waals surface area contributed by atoms with Gasteiger partial charge in [-0.05, 0) is 102 Å². The lowest BCUT2D eigenvalue weighted by atomic mass is 9.98. The first-order chi connectivity index (χ1) is 41.7. The number of carbonyl (C=O) groups is 8. The molecule has 490 valence electrons. The third-order valence-electron chi connectivity index (χ3n) is 14.2. The molecular formula is C66H105N5O16. The number of ether oxygens (including phenoxy) is 7. The molecule has 21 heteroatoms. The average Bonchev–Trinajstić information content (AvgIpc) is 1.69. The Labute approximate surface area is 517 Å². The number of alkyl carbamates (subject to hydrolysis) is 1. The smallest absolute Gasteiger partial charge is 0.407 e. The Hall–Kier alpha value is -6.16. The highest BCUT2D eigenvalue weighted by Gasteiger charge is 2.31. The second-order valence-electron chi connectivity index (χ2n) is 24.2. The maximum absolute atomic E-state index is 13.0. The molecular weight excluding hydrogens is 1120 g/mol. The van der Waals surface area contributed by atoms with Gasteiger partial charge in [-0.3, -0.25) is 24.0 Å². The van der Waals surface area contributed by atoms with Crippen molar-refractivity contribution in [3.8, 4) is 11.1 Å². The van der Waals surface area contributed by atoms with Crippen LogP contribution in [0.5, 0.6) is 0 Å². The predicted octanol–water partition coefficient (Wildman–Crippen LogP) is 9.53. The number of carboxylic acids is 1. The second kappa shape index (κ2) is 44.3. The molecule has 3 rings (SSSR count). The van der Waals surface area contributed by atoms with Gasteiger partial charge in [0.05, 0.1) is 39.6 Å². The number of amides is 5. The Morgan fingerprint density at radius 3 is 1.39 bits per heavy atom. The lowest BCUT2D eigenvalue weighted by Gasteiger charge is -2.24. The van der Waals surface area contributed by atoms with E-state index in [-0.39, 0.29) is 127 Å². The standard InChI is InChI=1S/C66H105N5O16/c1-65(2,3)86-61(76)35-22-20-18-16-14-12-10-8-7-9-11-13-15-17-19-21-34-58(73)70-56(63(79)87-66(4,5)6)36-37-57(72)68-39-41-81-43-46-84-49-60(75)69-40-42-82-44-45-83-48-59(74)67-38-28-27-33-55(62(77)78)71-64(80)85-47-54-52-31-25-23-29-50(52)51-30-24-26-32-53(51)54/h23-26,29-32,54-56H,7-22,27-28,33-49H2,1-6H3,(H,67,74)(H,68,72)(H,69,75)(H,70,73)(H,71,80)(H,77,78). The Morgan fingerprint density at radius 2 is 0.897 bits per heavy atom. The number of carboxylic acid groups (broad SMARTS) is 1. The summed E-state index contributed by atoms with van der Waals surface area (Å²) in [6.07, 6.45) is 19.5. The molecule has 2 aromatic rings. The summed E-state index contributed by atoms with van der Waals surface area (Å²) in [7, 11) is 0. The molecule has 1 aliphatic carbocycles. The summed E-state index contributed by atoms with van der Waals surface area (Å²) in [4.78, 5) is 99.1. The van der Waals surface area contributed by atoms with Crippen molar-refractivity contribution in [3.05, 3.63) is 59.7 Å². The van der Waals surface area contributed by atoms with Gasteiger partial charge in [-0.25, -0.2) is 14.4 Å². The zero-order valence-electron chi connectivity index (χ0n) is 53.2. The summed E-state index contributed by atoms with van der Waals surface area (Å²) >= 11 is 0. The number of benzene rings is 2. The second-order valence-corrected chi connectivity index (χ2v) is 24.2. The summed E-state index contributed by atoms with van der Waals surface area (Å²) < 4.78 is 38.1. The minimum atomic E-state index is -1.18. The van der Waals surface area contributed by atoms with Crippen molar-refractivity contribution in [2.24, 2.45) is 0 Å². The van der Waals surface area contributed by atoms with E-state index in [9.17, 15) is 43.5 Å². The number of esters is 2. The summed E-state index contributed by atoms with van der Waals surface area (Å²) in [6.45, 7) is 12.5. The normalized spacial score (nSPS) is 12.7. The highest BCUT2D eigenvalue weighted by atomic mass is 16.6. The molecule has 0 spiro atoms. The van der Waals surface area contributed by atoms with Crippen LogP contribution in [0.15, 0.2) is 48.5 Å². The fourth-order valence-electron chi connectivity index (χ4n) is 9.81. The van der Waals surface area contributed by atoms with Gasteiger partial charge in [-0.1, -0.05) is 138 Å². The van der Waals surface area contributed by atoms with E-state index in [0.29, 0.717) is 32.2 Å². The molecule has 2 aromatic carbocycles. The van der Waals surface area contributed by atoms with Crippen molar-refractivity contribution in [1.82, 2.24) is 26.6 Å². The van der Waals surface area contributed by atoms with Gasteiger partial charge in [0.15, 0.2) is 0 Å². The summed E-state index contributed by atoms with van der Waals surface area (Å²) in [5.74, 6) is -3.22. The molecule has 0 aromatic heterocycles. The molecule has 2 unspecified atom stereocenters. The van der Waals surface area contributed by atoms with Crippen LogP contribution in [0.2, 0.25) is 0 Å². The number of fused-ring (bicyclic) bond motifs is 3. The van der Waals surface area contributed by atoms with Crippen LogP contribution in [-0.2, 0) is 66.7 Å². The first kappa shape index (κ1) is 75.1. The maximum atomic E-state index is 13.0. The topological polar surface area (TPSA) is 282 Å². The Bertz CT molecular complexity index is 2290. The number of rotatable bonds is 49. The molecule has 2 atom stereocenters. The number of hydrogen-bond acceptors (Lipinski definition) is 15. The largest absolute Gasteiger partial charge is 0.480 e. The molecule has 0 bridgehead atoms. The van der Waals surface area contributed by atoms with Crippen LogP contribution >= 0.6 is 0 Å². The molecule has 0 saturated carbocycles. The fourth-order valence-corrected chi connectivity index (χ4v) is 9.81. The minimum Gasteiger partial charge on any atom is -0.480 e. The van der Waals surface area contributed by atoms with Crippen LogP contribution in [0.4, 0.5) is 4.79 Å². The monoisotopic (exact) mass is 1220 g/mol. The van der Waals surface area contributed by atoms with Gasteiger partial charge in [0.2, 0.25) is 23.6 Å². The van der Waals surface area contributed by atoms with E-state index >= 15 is 0 Å². The van der Waals surface area contributed by atoms with Crippen molar-refractivity contribution < 1.29 is 76.6 Å². The molecule has 5 amide bonds. The third kappa shape index (κ3) is 36.7. The summed E-state index contributed by atoms with van der Waals surface area (Å²) in [5, 5.41) is 23.1. The quantitative estimate of drug-likeness (QED) is 0.0204. The SMILES string of the molecule is CC(C)(C)OC(=O)CCCCCCCCCCCCCCCCCCC(=O)NC(CCC(=O)NCCOCCOCC(=O)NCCOCCOCC(=O)NCCCCC(NC(=O)OCC1c2ccccc2-c2ccccc21)C(=O)O)C(=O)OC(C)(C)C. The lowest BCUT2D eigenvalue weighted by Crippen LogP contribution is -2.44. The fraction of sp³-hybridized carbons (Fsp3) is 0.697. The van der Waals surface area contributed by atoms with Crippen LogP contribution < -0.4 is 26.6 Å². The number of carbonyl (C=O) groups excluding carboxylic acids is 7. The summed E-state index contributed by atoms with van der Waals surface area (Å²) in [6, 6.07) is 13.8. The lowest BCUT2D eigenvalue weighted by molar-refractivity contribution is -0.159. The number of aliphatic carboxylic acids is 1. The van der Waals surface area contributed by atoms with E-state index in [1.165, 1.54) is 64.2 Å². The first-order valence-electron chi connectivity index (χ1n) is 31.9. The van der Waals surface area contributed by atoms with E-state index in [1.54, 1.807) is 20.8 Å². The van der Waals surface area contributed by atoms with Crippen molar-refractivity contribution >= 4 is 47.6 Å². The van der Waals surface area contributed by atoms with Gasteiger partial charge < -0.3 is 64.8 Å². The van der Waals surface area contributed by atoms with Gasteiger partial charge in [0, 0.05) is 44.8 Å². The zero-order chi connectivity index (χ0) is 63.6. The molecule has 87 heavy (non-hydrogen) atoms. The van der Waals surface area contributed by atoms with E-state index in [0.717, 1.165) is 60.8 Å². The van der Waals surface area contributed by atoms with Crippen LogP contribution in [-0.4, -0.2) is 155 Å². The van der Waals surface area contributed by atoms with Crippen LogP contribution in [0.3, 0.4) is 0 Å². The van der Waals surface area contributed by atoms with Crippen molar-refractivity contribution in [2.75, 3.05) is 79.1 Å². The van der Waals surface area contributed by atoms with E-state index in [1.807, 2.05) is 69.3 Å². The van der Waals surface area contributed by atoms with Crippen LogP contribution in [0.25, 0.3) is 11.1 Å². The Morgan fingerprint density at radius 1 is 0.448 bits per heavy atom. The average molecular weight is 1220 g/mol. The van der Waals surface area contributed by atoms with Crippen molar-refractivity contribution in [2.45, 2.75) is 218 Å². The molecule has 0 saturated heterocycles. The molecule has 0 fully saturated rings. The van der Waals surface area contributed by atoms with Gasteiger partial charge in [0.25, 0.3) is 0 Å². The molecule has 6 N–H and O–H groups in total. The van der Waals surface area contributed by atoms with Gasteiger partial charge in [-0.2, -0.15) is 0 Å². The van der Waals surface area contributed by atoms with Gasteiger partial charge in [0.1, 0.15) is 43.1 Å². The maximum Gasteiger partial charge on any atom is 0.407 e. The van der Waals surface area contributed by atoms with E-state index < -0.39 is 41.3 Å². The van der Waals surface area contributed by atoms with E-state index in [2.05, 4.69) is 26.6 Å². The molecule has 0 heterocycles. The number of nitrogens with one attached hydrogen (secondary N) is 5. The highest BCUT2D eigenvalue weighted by molar-refractivity contribution is 5.86. The van der Waals surface area contributed by atoms with Gasteiger partial charge in [-0.15, -0.1) is 0 Å². The Kier molecular flexibility index (Phi) is 38.2. The minimum absolute atomic E-state index is 0.000480. The first-order valence-corrected chi connectivity index (χ1v) is 31.9. The highest BCUT2D eigenvalue weighted by Crippen LogP contribution is 2.44. The molecule has 1 aliphatic rings. The summed E-state index contributed by atoms with van der Waals surface area (Å²) in [5.41, 5.74) is 3.12. The van der Waals surface area contributed by atoms with E-state index in [4.69, 9.17) is 33.2 Å². The third-order valence-corrected chi connectivity index (χ3v) is 14.2. The molecule has 21 nitrogen and oxygen atoms in total. The predicted molar refractivity (Wildman–Crippen MR) is 332 cm³/mol. The molecule has 0 radical (unpaired) electrons. The molecule has 0 aliphatic heterocycles. The van der Waals surface area contributed by atoms with Crippen LogP contribution in [0.1, 0.15) is 206 Å². The van der Waals surface area contributed by atoms with Crippen molar-refractivity contribution in [3.63, 3.8) is 0 Å². The van der Waals surface area contributed by atoms with Gasteiger partial charge >= 0.3 is 24.0 Å². The zero-order valence-corrected chi connectivity index (χ0v) is 53.2.